The van der Waals surface area contributed by atoms with Gasteiger partial charge < -0.3 is 9.64 Å². The first-order valence-electron chi connectivity index (χ1n) is 9.60. The standard InChI is InChI=1S/C22H21FN4O2/c23-18-6-1-7-19(13-18)29-22-21(25-9-10-26-22)17-5-3-11-27(15-17)20(28)12-16-4-2-8-24-14-16/h1-2,4,6-10,13-14,17H,3,5,11-12,15H2/t17-/m1/s1. The van der Waals surface area contributed by atoms with Gasteiger partial charge in [-0.1, -0.05) is 12.1 Å². The van der Waals surface area contributed by atoms with E-state index < -0.39 is 0 Å². The Bertz CT molecular complexity index is 983. The number of ether oxygens (including phenoxy) is 1. The van der Waals surface area contributed by atoms with Gasteiger partial charge >= 0.3 is 0 Å². The van der Waals surface area contributed by atoms with E-state index in [1.807, 2.05) is 17.0 Å². The van der Waals surface area contributed by atoms with Gasteiger partial charge in [0.25, 0.3) is 0 Å². The van der Waals surface area contributed by atoms with E-state index in [0.717, 1.165) is 24.9 Å². The Morgan fingerprint density at radius 1 is 1.17 bits per heavy atom. The number of hydrogen-bond acceptors (Lipinski definition) is 5. The van der Waals surface area contributed by atoms with Crippen LogP contribution in [0.4, 0.5) is 4.39 Å². The molecule has 0 bridgehead atoms. The largest absolute Gasteiger partial charge is 0.437 e. The number of aromatic nitrogens is 3. The Kier molecular flexibility index (Phi) is 5.74. The molecule has 0 N–H and O–H groups in total. The van der Waals surface area contributed by atoms with Crippen molar-refractivity contribution in [2.75, 3.05) is 13.1 Å². The van der Waals surface area contributed by atoms with Crippen molar-refractivity contribution in [2.24, 2.45) is 0 Å². The van der Waals surface area contributed by atoms with Crippen molar-refractivity contribution in [3.63, 3.8) is 0 Å². The number of halogens is 1. The summed E-state index contributed by atoms with van der Waals surface area (Å²) < 4.78 is 19.3. The average molecular weight is 392 g/mol. The highest BCUT2D eigenvalue weighted by Gasteiger charge is 2.28. The van der Waals surface area contributed by atoms with Gasteiger partial charge in [-0.2, -0.15) is 0 Å². The van der Waals surface area contributed by atoms with E-state index in [1.165, 1.54) is 12.1 Å². The third-order valence-electron chi connectivity index (χ3n) is 4.94. The fourth-order valence-corrected chi connectivity index (χ4v) is 3.55. The van der Waals surface area contributed by atoms with Crippen LogP contribution in [0.2, 0.25) is 0 Å². The molecule has 2 aromatic heterocycles. The lowest BCUT2D eigenvalue weighted by Crippen LogP contribution is -2.40. The maximum absolute atomic E-state index is 13.5. The molecule has 1 aromatic carbocycles. The number of carbonyl (C=O) groups excluding carboxylic acids is 1. The van der Waals surface area contributed by atoms with Crippen LogP contribution < -0.4 is 4.74 Å². The zero-order valence-corrected chi connectivity index (χ0v) is 15.9. The predicted octanol–water partition coefficient (Wildman–Crippen LogP) is 3.75. The number of piperidine rings is 1. The second-order valence-electron chi connectivity index (χ2n) is 7.02. The van der Waals surface area contributed by atoms with Crippen LogP contribution in [0.25, 0.3) is 0 Å². The normalized spacial score (nSPS) is 16.4. The lowest BCUT2D eigenvalue weighted by molar-refractivity contribution is -0.131. The molecular formula is C22H21FN4O2. The molecule has 1 aliphatic heterocycles. The molecule has 4 rings (SSSR count). The smallest absolute Gasteiger partial charge is 0.241 e. The van der Waals surface area contributed by atoms with Crippen molar-refractivity contribution in [3.8, 4) is 11.6 Å². The van der Waals surface area contributed by atoms with Crippen molar-refractivity contribution in [2.45, 2.75) is 25.2 Å². The second-order valence-corrected chi connectivity index (χ2v) is 7.02. The first-order valence-corrected chi connectivity index (χ1v) is 9.60. The van der Waals surface area contributed by atoms with Crippen molar-refractivity contribution < 1.29 is 13.9 Å². The summed E-state index contributed by atoms with van der Waals surface area (Å²) in [4.78, 5) is 27.4. The van der Waals surface area contributed by atoms with Gasteiger partial charge in [-0.25, -0.2) is 9.37 Å². The van der Waals surface area contributed by atoms with E-state index in [0.29, 0.717) is 30.3 Å². The topological polar surface area (TPSA) is 68.2 Å². The first kappa shape index (κ1) is 19.0. The summed E-state index contributed by atoms with van der Waals surface area (Å²) in [6.07, 6.45) is 8.66. The minimum atomic E-state index is -0.377. The number of rotatable bonds is 5. The maximum atomic E-state index is 13.5. The van der Waals surface area contributed by atoms with Crippen LogP contribution in [-0.4, -0.2) is 38.8 Å². The summed E-state index contributed by atoms with van der Waals surface area (Å²) >= 11 is 0. The van der Waals surface area contributed by atoms with Crippen LogP contribution in [0.5, 0.6) is 11.6 Å². The lowest BCUT2D eigenvalue weighted by atomic mass is 9.94. The summed E-state index contributed by atoms with van der Waals surface area (Å²) in [7, 11) is 0. The summed E-state index contributed by atoms with van der Waals surface area (Å²) in [6, 6.07) is 9.66. The van der Waals surface area contributed by atoms with E-state index in [9.17, 15) is 9.18 Å². The fraction of sp³-hybridized carbons (Fsp3) is 0.273. The first-order chi connectivity index (χ1) is 14.2. The SMILES string of the molecule is O=C(Cc1cccnc1)N1CCC[C@@H](c2nccnc2Oc2cccc(F)c2)C1. The second kappa shape index (κ2) is 8.77. The molecule has 0 radical (unpaired) electrons. The van der Waals surface area contributed by atoms with Crippen LogP contribution in [0.1, 0.15) is 30.0 Å². The molecule has 1 amide bonds. The minimum Gasteiger partial charge on any atom is -0.437 e. The molecule has 0 saturated carbocycles. The van der Waals surface area contributed by atoms with Gasteiger partial charge in [-0.3, -0.25) is 14.8 Å². The van der Waals surface area contributed by atoms with Crippen LogP contribution >= 0.6 is 0 Å². The molecule has 0 unspecified atom stereocenters. The highest BCUT2D eigenvalue weighted by molar-refractivity contribution is 5.78. The summed E-state index contributed by atoms with van der Waals surface area (Å²) in [5.74, 6) is 0.424. The Morgan fingerprint density at radius 3 is 2.90 bits per heavy atom. The van der Waals surface area contributed by atoms with Crippen LogP contribution in [-0.2, 0) is 11.2 Å². The zero-order valence-electron chi connectivity index (χ0n) is 15.9. The molecule has 1 saturated heterocycles. The maximum Gasteiger partial charge on any atom is 0.241 e. The zero-order chi connectivity index (χ0) is 20.1. The number of carbonyl (C=O) groups is 1. The molecule has 0 spiro atoms. The van der Waals surface area contributed by atoms with Crippen LogP contribution in [0, 0.1) is 5.82 Å². The number of amides is 1. The molecule has 1 atom stereocenters. The number of nitrogens with zero attached hydrogens (tertiary/aromatic N) is 4. The molecule has 6 nitrogen and oxygen atoms in total. The molecule has 3 aromatic rings. The quantitative estimate of drug-likeness (QED) is 0.661. The number of benzene rings is 1. The number of hydrogen-bond donors (Lipinski definition) is 0. The van der Waals surface area contributed by atoms with E-state index in [1.54, 1.807) is 36.9 Å². The monoisotopic (exact) mass is 392 g/mol. The van der Waals surface area contributed by atoms with E-state index >= 15 is 0 Å². The average Bonchev–Trinajstić information content (AvgIpc) is 2.75. The lowest BCUT2D eigenvalue weighted by Gasteiger charge is -2.32. The van der Waals surface area contributed by atoms with Crippen LogP contribution in [0.3, 0.4) is 0 Å². The number of likely N-dealkylation sites (tertiary alicyclic amines) is 1. The molecular weight excluding hydrogens is 371 g/mol. The van der Waals surface area contributed by atoms with Crippen LogP contribution in [0.15, 0.2) is 61.2 Å². The summed E-state index contributed by atoms with van der Waals surface area (Å²) in [5, 5.41) is 0. The van der Waals surface area contributed by atoms with Crippen molar-refractivity contribution in [1.82, 2.24) is 19.9 Å². The molecule has 0 aliphatic carbocycles. The van der Waals surface area contributed by atoms with E-state index in [4.69, 9.17) is 4.74 Å². The highest BCUT2D eigenvalue weighted by atomic mass is 19.1. The molecule has 1 fully saturated rings. The third-order valence-corrected chi connectivity index (χ3v) is 4.94. The van der Waals surface area contributed by atoms with Gasteiger partial charge in [-0.05, 0) is 36.6 Å². The minimum absolute atomic E-state index is 0.0128. The fourth-order valence-electron chi connectivity index (χ4n) is 3.55. The van der Waals surface area contributed by atoms with Crippen molar-refractivity contribution in [3.05, 3.63) is 78.3 Å². The Morgan fingerprint density at radius 2 is 2.07 bits per heavy atom. The van der Waals surface area contributed by atoms with Gasteiger partial charge in [0.1, 0.15) is 17.3 Å². The summed E-state index contributed by atoms with van der Waals surface area (Å²) in [5.41, 5.74) is 1.59. The molecule has 148 valence electrons. The van der Waals surface area contributed by atoms with Crippen molar-refractivity contribution >= 4 is 5.91 Å². The van der Waals surface area contributed by atoms with E-state index in [-0.39, 0.29) is 17.6 Å². The third kappa shape index (κ3) is 4.74. The van der Waals surface area contributed by atoms with Gasteiger partial charge in [0.15, 0.2) is 0 Å². The Balaban J connectivity index is 1.49. The van der Waals surface area contributed by atoms with Gasteiger partial charge in [0.05, 0.1) is 6.42 Å². The molecule has 1 aliphatic rings. The van der Waals surface area contributed by atoms with Crippen molar-refractivity contribution in [1.29, 1.82) is 0 Å². The molecule has 7 heteroatoms. The Labute approximate surface area is 168 Å². The van der Waals surface area contributed by atoms with E-state index in [2.05, 4.69) is 15.0 Å². The van der Waals surface area contributed by atoms with Gasteiger partial charge in [0.2, 0.25) is 11.8 Å². The summed E-state index contributed by atoms with van der Waals surface area (Å²) in [6.45, 7) is 1.27. The van der Waals surface area contributed by atoms with Gasteiger partial charge in [-0.15, -0.1) is 0 Å². The molecule has 3 heterocycles. The molecule has 29 heavy (non-hydrogen) atoms. The highest BCUT2D eigenvalue weighted by Crippen LogP contribution is 2.32. The van der Waals surface area contributed by atoms with Gasteiger partial charge in [0, 0.05) is 49.9 Å². The predicted molar refractivity (Wildman–Crippen MR) is 105 cm³/mol. The Hall–Kier alpha value is -3.35. The number of pyridine rings is 1.